The molecule has 188 valence electrons. The van der Waals surface area contributed by atoms with Crippen LogP contribution in [0.5, 0.6) is 0 Å². The van der Waals surface area contributed by atoms with Crippen LogP contribution in [-0.4, -0.2) is 24.9 Å². The average molecular weight is 504 g/mol. The fourth-order valence-corrected chi connectivity index (χ4v) is 6.60. The molecule has 7 heteroatoms. The molecule has 0 unspecified atom stereocenters. The van der Waals surface area contributed by atoms with Crippen LogP contribution in [0, 0.1) is 0 Å². The van der Waals surface area contributed by atoms with Crippen LogP contribution in [-0.2, 0) is 27.8 Å². The highest BCUT2D eigenvalue weighted by atomic mass is 32.2. The summed E-state index contributed by atoms with van der Waals surface area (Å²) in [5, 5.41) is 5.33. The number of carbonyl (C=O) groups is 1. The summed E-state index contributed by atoms with van der Waals surface area (Å²) in [4.78, 5) is 13.0. The van der Waals surface area contributed by atoms with Crippen molar-refractivity contribution in [2.24, 2.45) is 0 Å². The van der Waals surface area contributed by atoms with Gasteiger partial charge in [-0.2, -0.15) is 0 Å². The lowest BCUT2D eigenvalue weighted by Gasteiger charge is -2.22. The Labute approximate surface area is 212 Å². The first-order valence-electron chi connectivity index (χ1n) is 12.9. The number of nitrogens with zero attached hydrogens (tertiary/aromatic N) is 1. The van der Waals surface area contributed by atoms with Crippen LogP contribution in [0.4, 0.5) is 5.69 Å². The molecule has 0 saturated heterocycles. The highest BCUT2D eigenvalue weighted by Gasteiger charge is 2.21. The normalized spacial score (nSPS) is 14.9. The quantitative estimate of drug-likeness (QED) is 0.310. The molecule has 0 spiro atoms. The van der Waals surface area contributed by atoms with E-state index in [2.05, 4.69) is 39.7 Å². The van der Waals surface area contributed by atoms with Crippen LogP contribution in [0.25, 0.3) is 21.8 Å². The minimum Gasteiger partial charge on any atom is -0.341 e. The second kappa shape index (κ2) is 10.4. The molecule has 1 heterocycles. The maximum absolute atomic E-state index is 12.7. The number of hydrogen-bond donors (Lipinski definition) is 2. The Hall–Kier alpha value is -3.16. The lowest BCUT2D eigenvalue weighted by atomic mass is 9.96. The summed E-state index contributed by atoms with van der Waals surface area (Å²) in [6.07, 6.45) is 5.99. The predicted molar refractivity (Wildman–Crippen MR) is 146 cm³/mol. The Bertz CT molecular complexity index is 1480. The van der Waals surface area contributed by atoms with Crippen molar-refractivity contribution in [2.75, 3.05) is 5.32 Å². The van der Waals surface area contributed by atoms with E-state index in [1.807, 2.05) is 24.3 Å². The highest BCUT2D eigenvalue weighted by molar-refractivity contribution is 7.89. The van der Waals surface area contributed by atoms with Crippen molar-refractivity contribution in [3.05, 3.63) is 72.3 Å². The molecule has 1 aromatic heterocycles. The molecule has 1 aliphatic carbocycles. The molecule has 5 rings (SSSR count). The second-order valence-corrected chi connectivity index (χ2v) is 11.4. The summed E-state index contributed by atoms with van der Waals surface area (Å²) >= 11 is 0. The third-order valence-corrected chi connectivity index (χ3v) is 8.71. The molecule has 6 nitrogen and oxygen atoms in total. The van der Waals surface area contributed by atoms with E-state index < -0.39 is 10.0 Å². The van der Waals surface area contributed by atoms with Gasteiger partial charge in [0.05, 0.1) is 4.90 Å². The predicted octanol–water partition coefficient (Wildman–Crippen LogP) is 6.00. The summed E-state index contributed by atoms with van der Waals surface area (Å²) in [5.74, 6) is -0.0655. The van der Waals surface area contributed by atoms with E-state index in [0.29, 0.717) is 12.8 Å². The molecule has 2 N–H and O–H groups in total. The fourth-order valence-electron chi connectivity index (χ4n) is 5.30. The van der Waals surface area contributed by atoms with Gasteiger partial charge in [-0.1, -0.05) is 49.6 Å². The Morgan fingerprint density at radius 2 is 1.64 bits per heavy atom. The largest absolute Gasteiger partial charge is 0.341 e. The van der Waals surface area contributed by atoms with E-state index in [-0.39, 0.29) is 16.8 Å². The van der Waals surface area contributed by atoms with Crippen LogP contribution >= 0.6 is 0 Å². The Balaban J connectivity index is 1.21. The highest BCUT2D eigenvalue weighted by Crippen LogP contribution is 2.31. The van der Waals surface area contributed by atoms with Crippen molar-refractivity contribution < 1.29 is 13.2 Å². The molecular formula is C29H33N3O3S. The van der Waals surface area contributed by atoms with Crippen molar-refractivity contribution in [2.45, 2.75) is 69.4 Å². The van der Waals surface area contributed by atoms with Gasteiger partial charge < -0.3 is 9.88 Å². The number of aryl methyl sites for hydroxylation is 2. The summed E-state index contributed by atoms with van der Waals surface area (Å²) in [6, 6.07) is 21.3. The van der Waals surface area contributed by atoms with Crippen LogP contribution in [0.15, 0.2) is 71.6 Å². The first-order chi connectivity index (χ1) is 17.4. The number of sulfonamides is 1. The first-order valence-corrected chi connectivity index (χ1v) is 14.3. The third-order valence-electron chi connectivity index (χ3n) is 7.17. The molecule has 3 aromatic carbocycles. The molecule has 0 radical (unpaired) electrons. The van der Waals surface area contributed by atoms with Gasteiger partial charge in [-0.05, 0) is 68.1 Å². The van der Waals surface area contributed by atoms with Crippen molar-refractivity contribution in [1.82, 2.24) is 9.29 Å². The summed E-state index contributed by atoms with van der Waals surface area (Å²) in [6.45, 7) is 3.02. The van der Waals surface area contributed by atoms with E-state index in [1.54, 1.807) is 24.3 Å². The maximum atomic E-state index is 12.7. The van der Waals surface area contributed by atoms with Crippen LogP contribution < -0.4 is 10.0 Å². The number of hydrogen-bond acceptors (Lipinski definition) is 3. The van der Waals surface area contributed by atoms with Gasteiger partial charge in [-0.25, -0.2) is 13.1 Å². The number of amides is 1. The molecule has 0 bridgehead atoms. The van der Waals surface area contributed by atoms with Gasteiger partial charge in [0, 0.05) is 46.5 Å². The molecule has 0 aliphatic heterocycles. The van der Waals surface area contributed by atoms with Gasteiger partial charge in [0.2, 0.25) is 15.9 Å². The number of carbonyl (C=O) groups excluding carboxylic acids is 1. The number of anilines is 1. The van der Waals surface area contributed by atoms with E-state index in [1.165, 1.54) is 17.3 Å². The van der Waals surface area contributed by atoms with Crippen molar-refractivity contribution >= 4 is 43.4 Å². The molecule has 1 aliphatic rings. The monoisotopic (exact) mass is 503 g/mol. The molecule has 36 heavy (non-hydrogen) atoms. The third kappa shape index (κ3) is 5.18. The molecular weight excluding hydrogens is 470 g/mol. The van der Waals surface area contributed by atoms with Gasteiger partial charge in [0.1, 0.15) is 0 Å². The number of nitrogens with one attached hydrogen (secondary N) is 2. The second-order valence-electron chi connectivity index (χ2n) is 9.64. The molecule has 0 atom stereocenters. The zero-order chi connectivity index (χ0) is 25.1. The van der Waals surface area contributed by atoms with Gasteiger partial charge in [-0.3, -0.25) is 4.79 Å². The Kier molecular flexibility index (Phi) is 7.12. The number of aromatic nitrogens is 1. The SMILES string of the molecule is CCn1c2ccccc2c2cc(NC(=O)CCc3ccc(S(=O)(=O)NC4CCCCC4)cc3)ccc21. The summed E-state index contributed by atoms with van der Waals surface area (Å²) in [5.41, 5.74) is 4.06. The molecule has 1 amide bonds. The van der Waals surface area contributed by atoms with E-state index in [9.17, 15) is 13.2 Å². The lowest BCUT2D eigenvalue weighted by Crippen LogP contribution is -2.36. The van der Waals surface area contributed by atoms with Gasteiger partial charge >= 0.3 is 0 Å². The van der Waals surface area contributed by atoms with Crippen molar-refractivity contribution in [3.63, 3.8) is 0 Å². The molecule has 4 aromatic rings. The minimum absolute atomic E-state index is 0.0323. The average Bonchev–Trinajstić information content (AvgIpc) is 3.21. The van der Waals surface area contributed by atoms with Crippen LogP contribution in [0.3, 0.4) is 0 Å². The van der Waals surface area contributed by atoms with E-state index in [4.69, 9.17) is 0 Å². The van der Waals surface area contributed by atoms with Crippen LogP contribution in [0.1, 0.15) is 51.0 Å². The fraction of sp³-hybridized carbons (Fsp3) is 0.345. The van der Waals surface area contributed by atoms with Gasteiger partial charge in [0.15, 0.2) is 0 Å². The smallest absolute Gasteiger partial charge is 0.240 e. The summed E-state index contributed by atoms with van der Waals surface area (Å²) < 4.78 is 30.5. The first kappa shape index (κ1) is 24.5. The number of fused-ring (bicyclic) bond motifs is 3. The topological polar surface area (TPSA) is 80.2 Å². The van der Waals surface area contributed by atoms with E-state index >= 15 is 0 Å². The zero-order valence-electron chi connectivity index (χ0n) is 20.7. The van der Waals surface area contributed by atoms with E-state index in [0.717, 1.165) is 54.4 Å². The zero-order valence-corrected chi connectivity index (χ0v) is 21.5. The number of rotatable bonds is 8. The standard InChI is InChI=1S/C29H33N3O3S/c1-2-32-27-11-7-6-10-25(27)26-20-23(15-18-28(26)32)30-29(33)19-14-21-12-16-24(17-13-21)36(34,35)31-22-8-4-3-5-9-22/h6-7,10-13,15-18,20,22,31H,2-5,8-9,14,19H2,1H3,(H,30,33). The lowest BCUT2D eigenvalue weighted by molar-refractivity contribution is -0.116. The maximum Gasteiger partial charge on any atom is 0.240 e. The minimum atomic E-state index is -3.51. The van der Waals surface area contributed by atoms with Gasteiger partial charge in [0.25, 0.3) is 0 Å². The van der Waals surface area contributed by atoms with Crippen molar-refractivity contribution in [3.8, 4) is 0 Å². The Morgan fingerprint density at radius 1 is 0.917 bits per heavy atom. The molecule has 1 fully saturated rings. The Morgan fingerprint density at radius 3 is 2.39 bits per heavy atom. The van der Waals surface area contributed by atoms with Crippen molar-refractivity contribution in [1.29, 1.82) is 0 Å². The number of benzene rings is 3. The number of para-hydroxylation sites is 1. The summed E-state index contributed by atoms with van der Waals surface area (Å²) in [7, 11) is -3.51. The molecule has 1 saturated carbocycles. The van der Waals surface area contributed by atoms with Crippen LogP contribution in [0.2, 0.25) is 0 Å². The van der Waals surface area contributed by atoms with Gasteiger partial charge in [-0.15, -0.1) is 0 Å².